The first-order chi connectivity index (χ1) is 13.0. The van der Waals surface area contributed by atoms with Crippen LogP contribution in [-0.2, 0) is 14.9 Å². The molecule has 0 unspecified atom stereocenters. The zero-order valence-electron chi connectivity index (χ0n) is 15.1. The van der Waals surface area contributed by atoms with Crippen molar-refractivity contribution in [2.75, 3.05) is 12.4 Å². The maximum absolute atomic E-state index is 12.8. The van der Waals surface area contributed by atoms with Crippen LogP contribution in [0, 0.1) is 0 Å². The van der Waals surface area contributed by atoms with Gasteiger partial charge in [-0.05, 0) is 61.1 Å². The van der Waals surface area contributed by atoms with Crippen molar-refractivity contribution >= 4 is 45.3 Å². The lowest BCUT2D eigenvalue weighted by molar-refractivity contribution is -0.147. The molecule has 2 aliphatic carbocycles. The van der Waals surface area contributed by atoms with Gasteiger partial charge < -0.3 is 10.1 Å². The lowest BCUT2D eigenvalue weighted by Crippen LogP contribution is -2.52. The molecule has 0 radical (unpaired) electrons. The van der Waals surface area contributed by atoms with E-state index >= 15 is 0 Å². The van der Waals surface area contributed by atoms with E-state index < -0.39 is 5.54 Å². The Balaban J connectivity index is 1.64. The van der Waals surface area contributed by atoms with Crippen molar-refractivity contribution in [3.63, 3.8) is 0 Å². The van der Waals surface area contributed by atoms with Gasteiger partial charge in [-0.25, -0.2) is 4.79 Å². The molecule has 27 heavy (non-hydrogen) atoms. The summed E-state index contributed by atoms with van der Waals surface area (Å²) in [7, 11) is 1.45. The highest BCUT2D eigenvalue weighted by Gasteiger charge is 2.51. The highest BCUT2D eigenvalue weighted by Crippen LogP contribution is 2.55. The second-order valence-electron chi connectivity index (χ2n) is 7.37. The van der Waals surface area contributed by atoms with Gasteiger partial charge in [-0.2, -0.15) is 0 Å². The number of allylic oxidation sites excluding steroid dienone is 1. The number of nitrogens with one attached hydrogen (secondary N) is 1. The largest absolute Gasteiger partial charge is 0.467 e. The van der Waals surface area contributed by atoms with Crippen LogP contribution in [0.1, 0.15) is 36.8 Å². The molecule has 1 N–H and O–H groups in total. The van der Waals surface area contributed by atoms with E-state index in [9.17, 15) is 4.79 Å². The van der Waals surface area contributed by atoms with E-state index in [4.69, 9.17) is 16.3 Å². The first-order valence-corrected chi connectivity index (χ1v) is 10.3. The summed E-state index contributed by atoms with van der Waals surface area (Å²) in [4.78, 5) is 12.8. The normalized spacial score (nSPS) is 26.4. The Labute approximate surface area is 172 Å². The summed E-state index contributed by atoms with van der Waals surface area (Å²) < 4.78 is 6.39. The number of carbonyl (C=O) groups excluding carboxylic acids is 1. The number of benzene rings is 2. The minimum Gasteiger partial charge on any atom is -0.467 e. The number of halogens is 2. The molecule has 5 heteroatoms. The molecule has 0 heterocycles. The zero-order chi connectivity index (χ0) is 19.1. The van der Waals surface area contributed by atoms with Crippen LogP contribution in [0.25, 0.3) is 6.08 Å². The second-order valence-corrected chi connectivity index (χ2v) is 8.66. The van der Waals surface area contributed by atoms with E-state index in [0.29, 0.717) is 17.9 Å². The molecule has 140 valence electrons. The monoisotopic (exact) mass is 445 g/mol. The number of hydrogen-bond donors (Lipinski definition) is 1. The Bertz CT molecular complexity index is 916. The van der Waals surface area contributed by atoms with Crippen molar-refractivity contribution in [2.24, 2.45) is 0 Å². The molecule has 2 aromatic carbocycles. The molecule has 1 fully saturated rings. The van der Waals surface area contributed by atoms with Crippen molar-refractivity contribution in [3.05, 3.63) is 69.2 Å². The third kappa shape index (κ3) is 3.09. The third-order valence-electron chi connectivity index (χ3n) is 5.96. The average molecular weight is 447 g/mol. The number of methoxy groups -OCH3 is 1. The molecule has 0 aromatic heterocycles. The van der Waals surface area contributed by atoms with Crippen LogP contribution in [0.3, 0.4) is 0 Å². The van der Waals surface area contributed by atoms with Crippen LogP contribution >= 0.6 is 27.5 Å². The zero-order valence-corrected chi connectivity index (χ0v) is 17.4. The molecule has 0 amide bonds. The van der Waals surface area contributed by atoms with Crippen LogP contribution in [0.4, 0.5) is 5.69 Å². The van der Waals surface area contributed by atoms with Crippen molar-refractivity contribution in [1.82, 2.24) is 0 Å². The molecule has 0 aliphatic heterocycles. The first kappa shape index (κ1) is 18.6. The number of anilines is 1. The number of carbonyl (C=O) groups is 1. The highest BCUT2D eigenvalue weighted by atomic mass is 79.9. The first-order valence-electron chi connectivity index (χ1n) is 9.08. The second kappa shape index (κ2) is 6.99. The van der Waals surface area contributed by atoms with Gasteiger partial charge in [0.2, 0.25) is 0 Å². The minimum atomic E-state index is -0.741. The van der Waals surface area contributed by atoms with Gasteiger partial charge in [0, 0.05) is 20.6 Å². The predicted molar refractivity (Wildman–Crippen MR) is 113 cm³/mol. The maximum atomic E-state index is 12.8. The van der Waals surface area contributed by atoms with E-state index in [-0.39, 0.29) is 11.4 Å². The highest BCUT2D eigenvalue weighted by molar-refractivity contribution is 9.11. The Morgan fingerprint density at radius 3 is 2.56 bits per heavy atom. The smallest absolute Gasteiger partial charge is 0.331 e. The van der Waals surface area contributed by atoms with Gasteiger partial charge >= 0.3 is 5.97 Å². The van der Waals surface area contributed by atoms with Crippen LogP contribution < -0.4 is 5.32 Å². The molecule has 0 atom stereocenters. The Morgan fingerprint density at radius 1 is 1.11 bits per heavy atom. The van der Waals surface area contributed by atoms with Crippen LogP contribution in [0.2, 0.25) is 5.02 Å². The molecule has 0 bridgehead atoms. The van der Waals surface area contributed by atoms with Gasteiger partial charge in [0.15, 0.2) is 0 Å². The standard InChI is InChI=1S/C22H21BrClNO2/c1-27-20(26)22(25-17-7-4-6-16(24)14-17)11-9-21(10-12-22)18-8-3-2-5-15(18)13-19(21)23/h2-8,13-14,25H,9-12H2,1H3. The Morgan fingerprint density at radius 2 is 1.85 bits per heavy atom. The molecule has 3 nitrogen and oxygen atoms in total. The van der Waals surface area contributed by atoms with Crippen LogP contribution in [-0.4, -0.2) is 18.6 Å². The van der Waals surface area contributed by atoms with Crippen LogP contribution in [0.15, 0.2) is 53.0 Å². The quantitative estimate of drug-likeness (QED) is 0.594. The topological polar surface area (TPSA) is 38.3 Å². The summed E-state index contributed by atoms with van der Waals surface area (Å²) in [6.45, 7) is 0. The van der Waals surface area contributed by atoms with Crippen molar-refractivity contribution < 1.29 is 9.53 Å². The average Bonchev–Trinajstić information content (AvgIpc) is 2.95. The Hall–Kier alpha value is -1.78. The van der Waals surface area contributed by atoms with Gasteiger partial charge in [0.1, 0.15) is 5.54 Å². The van der Waals surface area contributed by atoms with Crippen LogP contribution in [0.5, 0.6) is 0 Å². The SMILES string of the molecule is COC(=O)C1(Nc2cccc(Cl)c2)CCC2(CC1)C(Br)=Cc1ccccc12. The number of hydrogen-bond acceptors (Lipinski definition) is 3. The lowest BCUT2D eigenvalue weighted by Gasteiger charge is -2.45. The summed E-state index contributed by atoms with van der Waals surface area (Å²) in [5.41, 5.74) is 2.65. The predicted octanol–water partition coefficient (Wildman–Crippen LogP) is 5.93. The lowest BCUT2D eigenvalue weighted by atomic mass is 9.65. The summed E-state index contributed by atoms with van der Waals surface area (Å²) >= 11 is 9.94. The van der Waals surface area contributed by atoms with Gasteiger partial charge in [0.25, 0.3) is 0 Å². The molecule has 4 rings (SSSR count). The fraction of sp³-hybridized carbons (Fsp3) is 0.318. The molecule has 1 saturated carbocycles. The number of esters is 1. The third-order valence-corrected chi connectivity index (χ3v) is 7.18. The van der Waals surface area contributed by atoms with Gasteiger partial charge in [0.05, 0.1) is 7.11 Å². The minimum absolute atomic E-state index is 0.0515. The van der Waals surface area contributed by atoms with Gasteiger partial charge in [-0.1, -0.05) is 57.9 Å². The number of ether oxygens (including phenoxy) is 1. The molecular formula is C22H21BrClNO2. The van der Waals surface area contributed by atoms with E-state index in [1.165, 1.54) is 22.7 Å². The number of fused-ring (bicyclic) bond motifs is 2. The van der Waals surface area contributed by atoms with Crippen molar-refractivity contribution in [3.8, 4) is 0 Å². The molecule has 2 aliphatic rings. The van der Waals surface area contributed by atoms with Gasteiger partial charge in [-0.15, -0.1) is 0 Å². The molecule has 2 aromatic rings. The van der Waals surface area contributed by atoms with Crippen molar-refractivity contribution in [1.29, 1.82) is 0 Å². The molecule has 1 spiro atoms. The summed E-state index contributed by atoms with van der Waals surface area (Å²) in [6.07, 6.45) is 5.31. The maximum Gasteiger partial charge on any atom is 0.331 e. The fourth-order valence-electron chi connectivity index (χ4n) is 4.49. The van der Waals surface area contributed by atoms with E-state index in [2.05, 4.69) is 51.6 Å². The van der Waals surface area contributed by atoms with E-state index in [0.717, 1.165) is 18.5 Å². The van der Waals surface area contributed by atoms with E-state index in [1.54, 1.807) is 0 Å². The fourth-order valence-corrected chi connectivity index (χ4v) is 5.54. The summed E-state index contributed by atoms with van der Waals surface area (Å²) in [6, 6.07) is 16.0. The number of rotatable bonds is 3. The molecular weight excluding hydrogens is 426 g/mol. The molecule has 0 saturated heterocycles. The van der Waals surface area contributed by atoms with Gasteiger partial charge in [-0.3, -0.25) is 0 Å². The van der Waals surface area contributed by atoms with Crippen molar-refractivity contribution in [2.45, 2.75) is 36.6 Å². The summed E-state index contributed by atoms with van der Waals surface area (Å²) in [5.74, 6) is -0.219. The Kier molecular flexibility index (Phi) is 4.81. The summed E-state index contributed by atoms with van der Waals surface area (Å²) in [5, 5.41) is 4.08. The van der Waals surface area contributed by atoms with E-state index in [1.807, 2.05) is 24.3 Å².